The first-order chi connectivity index (χ1) is 8.06. The number of ether oxygens (including phenoxy) is 2. The minimum atomic E-state index is -0.451. The van der Waals surface area contributed by atoms with Crippen molar-refractivity contribution >= 4 is 15.9 Å². The van der Waals surface area contributed by atoms with E-state index in [0.29, 0.717) is 16.8 Å². The fraction of sp³-hybridized carbons (Fsp3) is 0.500. The quantitative estimate of drug-likeness (QED) is 0.909. The van der Waals surface area contributed by atoms with Gasteiger partial charge in [-0.05, 0) is 40.9 Å². The summed E-state index contributed by atoms with van der Waals surface area (Å²) >= 11 is 3.18. The van der Waals surface area contributed by atoms with E-state index in [-0.39, 0.29) is 11.7 Å². The molecule has 1 rings (SSSR count). The highest BCUT2D eigenvalue weighted by atomic mass is 79.9. The Morgan fingerprint density at radius 3 is 2.41 bits per heavy atom. The second-order valence-electron chi connectivity index (χ2n) is 3.81. The molecule has 1 aromatic rings. The molecule has 0 aliphatic carbocycles. The van der Waals surface area contributed by atoms with E-state index in [1.165, 1.54) is 14.2 Å². The Morgan fingerprint density at radius 1 is 1.35 bits per heavy atom. The molecule has 0 heterocycles. The maximum absolute atomic E-state index is 13.8. The van der Waals surface area contributed by atoms with Crippen LogP contribution in [0.1, 0.15) is 24.8 Å². The molecule has 0 radical (unpaired) electrons. The molecule has 0 spiro atoms. The van der Waals surface area contributed by atoms with E-state index in [4.69, 9.17) is 15.2 Å². The molecule has 1 aromatic carbocycles. The van der Waals surface area contributed by atoms with Crippen molar-refractivity contribution in [1.82, 2.24) is 0 Å². The van der Waals surface area contributed by atoms with Crippen LogP contribution >= 0.6 is 15.9 Å². The lowest BCUT2D eigenvalue weighted by atomic mass is 9.96. The van der Waals surface area contributed by atoms with E-state index >= 15 is 0 Å². The topological polar surface area (TPSA) is 44.5 Å². The molecule has 0 fully saturated rings. The number of hydrogen-bond donors (Lipinski definition) is 1. The molecule has 1 atom stereocenters. The normalized spacial score (nSPS) is 12.4. The van der Waals surface area contributed by atoms with Gasteiger partial charge in [0.2, 0.25) is 0 Å². The van der Waals surface area contributed by atoms with E-state index < -0.39 is 5.82 Å². The zero-order valence-electron chi connectivity index (χ0n) is 10.2. The van der Waals surface area contributed by atoms with E-state index in [2.05, 4.69) is 15.9 Å². The maximum atomic E-state index is 13.8. The molecule has 0 aromatic heterocycles. The first-order valence-electron chi connectivity index (χ1n) is 5.36. The van der Waals surface area contributed by atoms with E-state index in [1.54, 1.807) is 6.07 Å². The van der Waals surface area contributed by atoms with Gasteiger partial charge < -0.3 is 15.2 Å². The summed E-state index contributed by atoms with van der Waals surface area (Å²) in [5, 5.41) is 0. The summed E-state index contributed by atoms with van der Waals surface area (Å²) in [6.45, 7) is 2.59. The number of methoxy groups -OCH3 is 2. The Hall–Kier alpha value is -0.810. The molecule has 0 bridgehead atoms. The second-order valence-corrected chi connectivity index (χ2v) is 4.66. The van der Waals surface area contributed by atoms with Crippen LogP contribution in [0.2, 0.25) is 0 Å². The lowest BCUT2D eigenvalue weighted by Crippen LogP contribution is -2.07. The van der Waals surface area contributed by atoms with Gasteiger partial charge in [-0.1, -0.05) is 6.92 Å². The number of rotatable bonds is 5. The molecular formula is C12H17BrFNO2. The zero-order chi connectivity index (χ0) is 13.0. The largest absolute Gasteiger partial charge is 0.492 e. The summed E-state index contributed by atoms with van der Waals surface area (Å²) in [6.07, 6.45) is 0.803. The van der Waals surface area contributed by atoms with Crippen LogP contribution in [0.15, 0.2) is 10.5 Å². The van der Waals surface area contributed by atoms with Crippen molar-refractivity contribution in [2.75, 3.05) is 20.8 Å². The summed E-state index contributed by atoms with van der Waals surface area (Å²) in [5.74, 6) is 0.295. The Morgan fingerprint density at radius 2 is 1.94 bits per heavy atom. The highest BCUT2D eigenvalue weighted by Gasteiger charge is 2.21. The number of nitrogens with two attached hydrogens (primary N) is 1. The summed E-state index contributed by atoms with van der Waals surface area (Å²) in [4.78, 5) is 0. The van der Waals surface area contributed by atoms with Crippen molar-refractivity contribution in [3.63, 3.8) is 0 Å². The Kier molecular flexibility index (Phi) is 5.21. The van der Waals surface area contributed by atoms with Crippen LogP contribution in [0, 0.1) is 5.82 Å². The molecule has 0 aliphatic heterocycles. The second kappa shape index (κ2) is 6.21. The number of hydrogen-bond acceptors (Lipinski definition) is 3. The van der Waals surface area contributed by atoms with Gasteiger partial charge in [-0.2, -0.15) is 0 Å². The van der Waals surface area contributed by atoms with Gasteiger partial charge in [0.1, 0.15) is 0 Å². The zero-order valence-corrected chi connectivity index (χ0v) is 11.8. The van der Waals surface area contributed by atoms with Gasteiger partial charge in [0.25, 0.3) is 0 Å². The van der Waals surface area contributed by atoms with E-state index in [1.807, 2.05) is 6.92 Å². The van der Waals surface area contributed by atoms with E-state index in [9.17, 15) is 4.39 Å². The lowest BCUT2D eigenvalue weighted by molar-refractivity contribution is 0.331. The van der Waals surface area contributed by atoms with Gasteiger partial charge in [-0.3, -0.25) is 0 Å². The molecule has 0 saturated carbocycles. The third-order valence-electron chi connectivity index (χ3n) is 2.70. The monoisotopic (exact) mass is 305 g/mol. The summed E-state index contributed by atoms with van der Waals surface area (Å²) < 4.78 is 24.5. The van der Waals surface area contributed by atoms with Crippen molar-refractivity contribution in [2.24, 2.45) is 5.73 Å². The average molecular weight is 306 g/mol. The number of halogens is 2. The van der Waals surface area contributed by atoms with Crippen LogP contribution in [-0.4, -0.2) is 20.8 Å². The van der Waals surface area contributed by atoms with Crippen LogP contribution in [0.25, 0.3) is 0 Å². The highest BCUT2D eigenvalue weighted by Crippen LogP contribution is 2.41. The smallest absolute Gasteiger partial charge is 0.198 e. The van der Waals surface area contributed by atoms with Crippen molar-refractivity contribution < 1.29 is 13.9 Å². The number of benzene rings is 1. The van der Waals surface area contributed by atoms with Crippen molar-refractivity contribution in [3.8, 4) is 11.5 Å². The summed E-state index contributed by atoms with van der Waals surface area (Å²) in [7, 11) is 2.93. The van der Waals surface area contributed by atoms with Crippen LogP contribution < -0.4 is 15.2 Å². The lowest BCUT2D eigenvalue weighted by Gasteiger charge is -2.18. The minimum Gasteiger partial charge on any atom is -0.492 e. The first-order valence-corrected chi connectivity index (χ1v) is 6.16. The van der Waals surface area contributed by atoms with Crippen LogP contribution in [-0.2, 0) is 0 Å². The molecule has 0 amide bonds. The third kappa shape index (κ3) is 2.90. The average Bonchev–Trinajstić information content (AvgIpc) is 2.32. The van der Waals surface area contributed by atoms with Crippen molar-refractivity contribution in [2.45, 2.75) is 19.3 Å². The molecule has 5 heteroatoms. The first kappa shape index (κ1) is 14.3. The van der Waals surface area contributed by atoms with Gasteiger partial charge in [-0.25, -0.2) is 4.39 Å². The molecule has 96 valence electrons. The fourth-order valence-electron chi connectivity index (χ4n) is 1.77. The predicted molar refractivity (Wildman–Crippen MR) is 69.3 cm³/mol. The third-order valence-corrected chi connectivity index (χ3v) is 3.28. The predicted octanol–water partition coefficient (Wildman–Crippen LogP) is 3.06. The highest BCUT2D eigenvalue weighted by molar-refractivity contribution is 9.10. The van der Waals surface area contributed by atoms with Gasteiger partial charge >= 0.3 is 0 Å². The van der Waals surface area contributed by atoms with Gasteiger partial charge in [0, 0.05) is 5.56 Å². The van der Waals surface area contributed by atoms with Gasteiger partial charge in [0.05, 0.1) is 18.7 Å². The van der Waals surface area contributed by atoms with Crippen LogP contribution in [0.5, 0.6) is 11.5 Å². The van der Waals surface area contributed by atoms with Gasteiger partial charge in [0.15, 0.2) is 17.3 Å². The SMILES string of the molecule is COc1c(C(C)CCN)cc(Br)c(F)c1OC. The van der Waals surface area contributed by atoms with Crippen LogP contribution in [0.4, 0.5) is 4.39 Å². The molecule has 0 saturated heterocycles. The standard InChI is InChI=1S/C12H17BrFNO2/c1-7(4-5-15)8-6-9(13)10(14)12(17-3)11(8)16-2/h6-7H,4-5,15H2,1-3H3. The Balaban J connectivity index is 3.33. The molecule has 0 aliphatic rings. The molecular weight excluding hydrogens is 289 g/mol. The Labute approximate surface area is 109 Å². The van der Waals surface area contributed by atoms with Crippen molar-refractivity contribution in [3.05, 3.63) is 21.9 Å². The van der Waals surface area contributed by atoms with Crippen LogP contribution in [0.3, 0.4) is 0 Å². The fourth-order valence-corrected chi connectivity index (χ4v) is 2.20. The molecule has 3 nitrogen and oxygen atoms in total. The molecule has 1 unspecified atom stereocenters. The minimum absolute atomic E-state index is 0.126. The Bertz CT molecular complexity index is 399. The summed E-state index contributed by atoms with van der Waals surface area (Å²) in [6, 6.07) is 1.72. The molecule has 2 N–H and O–H groups in total. The van der Waals surface area contributed by atoms with Gasteiger partial charge in [-0.15, -0.1) is 0 Å². The maximum Gasteiger partial charge on any atom is 0.198 e. The van der Waals surface area contributed by atoms with E-state index in [0.717, 1.165) is 12.0 Å². The van der Waals surface area contributed by atoms with Crippen molar-refractivity contribution in [1.29, 1.82) is 0 Å². The summed E-state index contributed by atoms with van der Waals surface area (Å²) in [5.41, 5.74) is 6.43. The molecule has 17 heavy (non-hydrogen) atoms.